The number of thiazole rings is 1. The summed E-state index contributed by atoms with van der Waals surface area (Å²) in [6.45, 7) is 0. The number of hydrogen-bond acceptors (Lipinski definition) is 6. The quantitative estimate of drug-likeness (QED) is 0.453. The van der Waals surface area contributed by atoms with Gasteiger partial charge in [0.2, 0.25) is 5.82 Å². The molecule has 0 aliphatic heterocycles. The van der Waals surface area contributed by atoms with Gasteiger partial charge >= 0.3 is 5.82 Å². The molecule has 0 fully saturated rings. The maximum Gasteiger partial charge on any atom is 0.373 e. The smallest absolute Gasteiger partial charge is 0.358 e. The van der Waals surface area contributed by atoms with Crippen molar-refractivity contribution in [1.82, 2.24) is 19.2 Å². The summed E-state index contributed by atoms with van der Waals surface area (Å²) in [5, 5.41) is 20.0. The van der Waals surface area contributed by atoms with E-state index in [0.717, 1.165) is 0 Å². The first kappa shape index (κ1) is 14.3. The van der Waals surface area contributed by atoms with E-state index >= 15 is 0 Å². The lowest BCUT2D eigenvalue weighted by atomic mass is 10.3. The minimum atomic E-state index is -0.504. The molecule has 8 nitrogen and oxygen atoms in total. The van der Waals surface area contributed by atoms with Crippen molar-refractivity contribution in [1.29, 1.82) is 0 Å². The van der Waals surface area contributed by atoms with Crippen molar-refractivity contribution in [3.8, 4) is 5.69 Å². The van der Waals surface area contributed by atoms with Crippen molar-refractivity contribution >= 4 is 33.6 Å². The summed E-state index contributed by atoms with van der Waals surface area (Å²) >= 11 is 1.29. The molecule has 3 heterocycles. The lowest BCUT2D eigenvalue weighted by Crippen LogP contribution is -1.98. The van der Waals surface area contributed by atoms with Crippen LogP contribution in [0.15, 0.2) is 48.2 Å². The van der Waals surface area contributed by atoms with Crippen LogP contribution in [0, 0.1) is 15.9 Å². The zero-order chi connectivity index (χ0) is 16.7. The molecular weight excluding hydrogens is 335 g/mol. The average molecular weight is 344 g/mol. The predicted molar refractivity (Wildman–Crippen MR) is 86.5 cm³/mol. The SMILES string of the molecule is O=[N+]([O-])c1c(Nc2cnn(-c3ccccc3F)c2)nc2sccn12. The van der Waals surface area contributed by atoms with Gasteiger partial charge in [-0.1, -0.05) is 23.5 Å². The Morgan fingerprint density at radius 1 is 1.33 bits per heavy atom. The van der Waals surface area contributed by atoms with Crippen LogP contribution in [0.3, 0.4) is 0 Å². The van der Waals surface area contributed by atoms with Crippen molar-refractivity contribution < 1.29 is 9.31 Å². The van der Waals surface area contributed by atoms with E-state index in [1.54, 1.807) is 29.8 Å². The summed E-state index contributed by atoms with van der Waals surface area (Å²) in [7, 11) is 0. The number of para-hydroxylation sites is 1. The summed E-state index contributed by atoms with van der Waals surface area (Å²) < 4.78 is 16.5. The second-order valence-electron chi connectivity index (χ2n) is 4.85. The molecule has 0 aliphatic rings. The predicted octanol–water partition coefficient (Wildman–Crippen LogP) is 3.37. The molecular formula is C14H9FN6O2S. The number of anilines is 2. The van der Waals surface area contributed by atoms with Crippen molar-refractivity contribution in [2.75, 3.05) is 5.32 Å². The van der Waals surface area contributed by atoms with Crippen LogP contribution in [0.1, 0.15) is 0 Å². The molecule has 0 atom stereocenters. The number of rotatable bonds is 4. The first-order valence-corrected chi connectivity index (χ1v) is 7.68. The normalized spacial score (nSPS) is 11.0. The van der Waals surface area contributed by atoms with Gasteiger partial charge in [0.1, 0.15) is 17.7 Å². The fraction of sp³-hybridized carbons (Fsp3) is 0. The number of imidazole rings is 1. The Morgan fingerprint density at radius 3 is 2.96 bits per heavy atom. The van der Waals surface area contributed by atoms with Gasteiger partial charge in [-0.3, -0.25) is 0 Å². The molecule has 1 aromatic carbocycles. The number of aromatic nitrogens is 4. The molecule has 4 rings (SSSR count). The Labute approximate surface area is 137 Å². The van der Waals surface area contributed by atoms with Gasteiger partial charge in [0, 0.05) is 5.38 Å². The molecule has 0 radical (unpaired) electrons. The molecule has 0 unspecified atom stereocenters. The second-order valence-corrected chi connectivity index (χ2v) is 5.72. The minimum absolute atomic E-state index is 0.111. The maximum atomic E-state index is 13.8. The van der Waals surface area contributed by atoms with Gasteiger partial charge in [-0.25, -0.2) is 9.07 Å². The number of nitrogens with zero attached hydrogens (tertiary/aromatic N) is 5. The van der Waals surface area contributed by atoms with E-state index in [-0.39, 0.29) is 17.3 Å². The monoisotopic (exact) mass is 344 g/mol. The van der Waals surface area contributed by atoms with E-state index in [1.807, 2.05) is 0 Å². The minimum Gasteiger partial charge on any atom is -0.358 e. The van der Waals surface area contributed by atoms with Crippen molar-refractivity contribution in [2.45, 2.75) is 0 Å². The summed E-state index contributed by atoms with van der Waals surface area (Å²) in [4.78, 5) is 15.5. The van der Waals surface area contributed by atoms with Crippen molar-refractivity contribution in [3.05, 3.63) is 64.2 Å². The highest BCUT2D eigenvalue weighted by Crippen LogP contribution is 2.30. The second kappa shape index (κ2) is 5.42. The number of fused-ring (bicyclic) bond motifs is 1. The summed E-state index contributed by atoms with van der Waals surface area (Å²) in [6, 6.07) is 6.20. The Hall–Kier alpha value is -3.27. The Morgan fingerprint density at radius 2 is 2.17 bits per heavy atom. The number of nitrogens with one attached hydrogen (secondary N) is 1. The fourth-order valence-corrected chi connectivity index (χ4v) is 3.03. The van der Waals surface area contributed by atoms with Crippen molar-refractivity contribution in [3.63, 3.8) is 0 Å². The van der Waals surface area contributed by atoms with E-state index in [1.165, 1.54) is 38.9 Å². The Balaban J connectivity index is 1.70. The van der Waals surface area contributed by atoms with Gasteiger partial charge in [0.15, 0.2) is 0 Å². The number of nitro groups is 1. The molecule has 3 aromatic heterocycles. The highest BCUT2D eigenvalue weighted by molar-refractivity contribution is 7.15. The Kier molecular flexibility index (Phi) is 3.24. The van der Waals surface area contributed by atoms with Crippen molar-refractivity contribution in [2.24, 2.45) is 0 Å². The van der Waals surface area contributed by atoms with Gasteiger partial charge in [-0.15, -0.1) is 0 Å². The van der Waals surface area contributed by atoms with E-state index in [4.69, 9.17) is 0 Å². The van der Waals surface area contributed by atoms with E-state index < -0.39 is 10.7 Å². The van der Waals surface area contributed by atoms with Crippen LogP contribution in [0.25, 0.3) is 10.6 Å². The van der Waals surface area contributed by atoms with Crippen LogP contribution in [-0.4, -0.2) is 24.1 Å². The molecule has 0 spiro atoms. The molecule has 120 valence electrons. The van der Waals surface area contributed by atoms with Crippen LogP contribution in [0.5, 0.6) is 0 Å². The first-order chi connectivity index (χ1) is 11.6. The van der Waals surface area contributed by atoms with E-state index in [2.05, 4.69) is 15.4 Å². The third-order valence-electron chi connectivity index (χ3n) is 3.35. The van der Waals surface area contributed by atoms with Gasteiger partial charge in [-0.2, -0.15) is 14.5 Å². The fourth-order valence-electron chi connectivity index (χ4n) is 2.33. The summed E-state index contributed by atoms with van der Waals surface area (Å²) in [5.74, 6) is -0.467. The van der Waals surface area contributed by atoms with Crippen LogP contribution in [-0.2, 0) is 0 Å². The first-order valence-electron chi connectivity index (χ1n) is 6.80. The highest BCUT2D eigenvalue weighted by Gasteiger charge is 2.24. The molecule has 24 heavy (non-hydrogen) atoms. The van der Waals surface area contributed by atoms with Crippen LogP contribution in [0.2, 0.25) is 0 Å². The molecule has 0 saturated heterocycles. The molecule has 10 heteroatoms. The molecule has 0 amide bonds. The third-order valence-corrected chi connectivity index (χ3v) is 4.11. The lowest BCUT2D eigenvalue weighted by molar-refractivity contribution is -0.389. The topological polar surface area (TPSA) is 90.3 Å². The molecule has 0 aliphatic carbocycles. The van der Waals surface area contributed by atoms with Crippen LogP contribution >= 0.6 is 11.3 Å². The molecule has 0 bridgehead atoms. The van der Waals surface area contributed by atoms with Gasteiger partial charge < -0.3 is 15.4 Å². The Bertz CT molecular complexity index is 1050. The van der Waals surface area contributed by atoms with E-state index in [9.17, 15) is 14.5 Å². The molecule has 4 aromatic rings. The zero-order valence-electron chi connectivity index (χ0n) is 12.0. The van der Waals surface area contributed by atoms with Crippen LogP contribution < -0.4 is 5.32 Å². The summed E-state index contributed by atoms with van der Waals surface area (Å²) in [5.41, 5.74) is 0.748. The average Bonchev–Trinajstić information content (AvgIpc) is 3.23. The van der Waals surface area contributed by atoms with Gasteiger partial charge in [-0.05, 0) is 17.1 Å². The van der Waals surface area contributed by atoms with Crippen LogP contribution in [0.4, 0.5) is 21.7 Å². The lowest BCUT2D eigenvalue weighted by Gasteiger charge is -2.02. The van der Waals surface area contributed by atoms with E-state index in [0.29, 0.717) is 10.6 Å². The number of benzene rings is 1. The molecule has 1 N–H and O–H groups in total. The zero-order valence-corrected chi connectivity index (χ0v) is 12.8. The highest BCUT2D eigenvalue weighted by atomic mass is 32.1. The number of halogens is 1. The van der Waals surface area contributed by atoms with Gasteiger partial charge in [0.05, 0.1) is 18.1 Å². The largest absolute Gasteiger partial charge is 0.373 e. The maximum absolute atomic E-state index is 13.8. The summed E-state index contributed by atoms with van der Waals surface area (Å²) in [6.07, 6.45) is 4.57. The standard InChI is InChI=1S/C14H9FN6O2S/c15-10-3-1-2-4-11(10)20-8-9(7-16-20)17-12-13(21(22)23)19-5-6-24-14(19)18-12/h1-8,17H. The number of hydrogen-bond donors (Lipinski definition) is 1. The van der Waals surface area contributed by atoms with Gasteiger partial charge in [0.25, 0.3) is 4.96 Å². The third kappa shape index (κ3) is 2.29. The molecule has 0 saturated carbocycles.